The number of carbonyl (C=O) groups is 1. The third kappa shape index (κ3) is 5.31. The van der Waals surface area contributed by atoms with Crippen molar-refractivity contribution in [2.24, 2.45) is 10.9 Å². The second-order valence-corrected chi connectivity index (χ2v) is 7.42. The zero-order valence-corrected chi connectivity index (χ0v) is 16.9. The average Bonchev–Trinajstić information content (AvgIpc) is 3.52. The molecule has 0 bridgehead atoms. The highest BCUT2D eigenvalue weighted by Gasteiger charge is 2.37. The van der Waals surface area contributed by atoms with Gasteiger partial charge in [-0.2, -0.15) is 13.2 Å². The molecule has 1 N–H and O–H groups in total. The van der Waals surface area contributed by atoms with Crippen LogP contribution in [0.3, 0.4) is 0 Å². The lowest BCUT2D eigenvalue weighted by atomic mass is 10.0. The Labute approximate surface area is 172 Å². The summed E-state index contributed by atoms with van der Waals surface area (Å²) in [5.74, 6) is 0.0749. The normalized spacial score (nSPS) is 16.3. The van der Waals surface area contributed by atoms with Gasteiger partial charge in [-0.15, -0.1) is 0 Å². The quantitative estimate of drug-likeness (QED) is 0.633. The fourth-order valence-electron chi connectivity index (χ4n) is 3.08. The van der Waals surface area contributed by atoms with E-state index in [0.29, 0.717) is 17.9 Å². The summed E-state index contributed by atoms with van der Waals surface area (Å²) >= 11 is 0. The van der Waals surface area contributed by atoms with Gasteiger partial charge in [0.15, 0.2) is 6.10 Å². The highest BCUT2D eigenvalue weighted by atomic mass is 19.4. The Bertz CT molecular complexity index is 935. The van der Waals surface area contributed by atoms with E-state index in [1.54, 1.807) is 24.3 Å². The van der Waals surface area contributed by atoms with Crippen molar-refractivity contribution in [3.63, 3.8) is 0 Å². The predicted molar refractivity (Wildman–Crippen MR) is 108 cm³/mol. The highest BCUT2D eigenvalue weighted by molar-refractivity contribution is 5.95. The van der Waals surface area contributed by atoms with Crippen LogP contribution < -0.4 is 14.8 Å². The summed E-state index contributed by atoms with van der Waals surface area (Å²) in [4.78, 5) is 16.7. The lowest BCUT2D eigenvalue weighted by Gasteiger charge is -2.22. The smallest absolute Gasteiger partial charge is 0.416 e. The number of rotatable bonds is 8. The minimum atomic E-state index is -4.55. The van der Waals surface area contributed by atoms with Crippen LogP contribution in [0.25, 0.3) is 0 Å². The van der Waals surface area contributed by atoms with Crippen molar-refractivity contribution in [1.82, 2.24) is 0 Å². The number of benzene rings is 2. The number of para-hydroxylation sites is 2. The van der Waals surface area contributed by atoms with Crippen molar-refractivity contribution in [2.75, 3.05) is 12.4 Å². The molecular formula is C22H23F3N2O3. The molecule has 0 saturated heterocycles. The Morgan fingerprint density at radius 2 is 1.90 bits per heavy atom. The van der Waals surface area contributed by atoms with Crippen molar-refractivity contribution in [3.8, 4) is 11.5 Å². The summed E-state index contributed by atoms with van der Waals surface area (Å²) in [5, 5.41) is 2.74. The second kappa shape index (κ2) is 8.77. The van der Waals surface area contributed by atoms with Gasteiger partial charge in [0.25, 0.3) is 5.91 Å². The van der Waals surface area contributed by atoms with E-state index >= 15 is 0 Å². The molecule has 0 spiro atoms. The highest BCUT2D eigenvalue weighted by Crippen LogP contribution is 2.40. The molecule has 8 heteroatoms. The Balaban J connectivity index is 1.83. The fraction of sp³-hybridized carbons (Fsp3) is 0.364. The average molecular weight is 420 g/mol. The first kappa shape index (κ1) is 21.7. The lowest BCUT2D eigenvalue weighted by molar-refractivity contribution is -0.138. The Morgan fingerprint density at radius 1 is 1.20 bits per heavy atom. The maximum atomic E-state index is 13.5. The van der Waals surface area contributed by atoms with E-state index in [9.17, 15) is 18.0 Å². The summed E-state index contributed by atoms with van der Waals surface area (Å²) in [6.45, 7) is 3.81. The van der Waals surface area contributed by atoms with Gasteiger partial charge in [-0.3, -0.25) is 9.79 Å². The number of nitrogens with zero attached hydrogens (tertiary/aromatic N) is 1. The Morgan fingerprint density at radius 3 is 2.50 bits per heavy atom. The zero-order valence-electron chi connectivity index (χ0n) is 16.9. The molecule has 2 aromatic carbocycles. The first-order valence-corrected chi connectivity index (χ1v) is 9.54. The van der Waals surface area contributed by atoms with E-state index < -0.39 is 29.8 Å². The van der Waals surface area contributed by atoms with Gasteiger partial charge in [0, 0.05) is 6.21 Å². The van der Waals surface area contributed by atoms with Gasteiger partial charge < -0.3 is 14.8 Å². The number of ether oxygens (including phenoxy) is 2. The number of halogens is 3. The van der Waals surface area contributed by atoms with Crippen LogP contribution in [-0.2, 0) is 11.0 Å². The number of hydrogen-bond donors (Lipinski definition) is 1. The maximum absolute atomic E-state index is 13.5. The SMILES string of the molecule is COc1ccccc1NC(=O)C(CC(C)C)Oc1ccc(C2C=N2)c(C(F)(F)F)c1. The summed E-state index contributed by atoms with van der Waals surface area (Å²) in [7, 11) is 1.48. The molecule has 0 aliphatic carbocycles. The first-order valence-electron chi connectivity index (χ1n) is 9.54. The van der Waals surface area contributed by atoms with Crippen molar-refractivity contribution in [1.29, 1.82) is 0 Å². The maximum Gasteiger partial charge on any atom is 0.416 e. The lowest BCUT2D eigenvalue weighted by Crippen LogP contribution is -2.34. The number of carbonyl (C=O) groups excluding carboxylic acids is 1. The number of amides is 1. The Hall–Kier alpha value is -3.03. The minimum absolute atomic E-state index is 0.0208. The van der Waals surface area contributed by atoms with E-state index in [2.05, 4.69) is 10.3 Å². The molecule has 0 radical (unpaired) electrons. The van der Waals surface area contributed by atoms with Crippen LogP contribution in [0.1, 0.15) is 37.4 Å². The zero-order chi connectivity index (χ0) is 21.9. The molecule has 30 heavy (non-hydrogen) atoms. The molecular weight excluding hydrogens is 397 g/mol. The van der Waals surface area contributed by atoms with Crippen molar-refractivity contribution in [2.45, 2.75) is 38.6 Å². The number of methoxy groups -OCH3 is 1. The predicted octanol–water partition coefficient (Wildman–Crippen LogP) is 5.27. The second-order valence-electron chi connectivity index (χ2n) is 7.42. The number of aliphatic imine (C=N–C) groups is 1. The fourth-order valence-corrected chi connectivity index (χ4v) is 3.08. The van der Waals surface area contributed by atoms with Gasteiger partial charge in [0.2, 0.25) is 0 Å². The van der Waals surface area contributed by atoms with E-state index in [1.165, 1.54) is 25.5 Å². The molecule has 0 aromatic heterocycles. The number of nitrogens with one attached hydrogen (secondary N) is 1. The first-order chi connectivity index (χ1) is 14.2. The molecule has 160 valence electrons. The molecule has 1 heterocycles. The standard InChI is InChI=1S/C22H23F3N2O3/c1-13(2)10-20(21(28)27-17-6-4-5-7-19(17)29-3)30-14-8-9-15(18-12-26-18)16(11-14)22(23,24)25/h4-9,11-13,18,20H,10H2,1-3H3,(H,27,28). The number of alkyl halides is 3. The van der Waals surface area contributed by atoms with Crippen molar-refractivity contribution in [3.05, 3.63) is 53.6 Å². The molecule has 1 aliphatic heterocycles. The van der Waals surface area contributed by atoms with Gasteiger partial charge in [-0.25, -0.2) is 0 Å². The Kier molecular flexibility index (Phi) is 6.34. The third-order valence-corrected chi connectivity index (χ3v) is 4.57. The van der Waals surface area contributed by atoms with Crippen LogP contribution in [0.2, 0.25) is 0 Å². The summed E-state index contributed by atoms with van der Waals surface area (Å²) in [5.41, 5.74) is -0.274. The molecule has 2 atom stereocenters. The third-order valence-electron chi connectivity index (χ3n) is 4.57. The molecule has 0 fully saturated rings. The van der Waals surface area contributed by atoms with Crippen LogP contribution in [0.5, 0.6) is 11.5 Å². The molecule has 1 amide bonds. The summed E-state index contributed by atoms with van der Waals surface area (Å²) in [6.07, 6.45) is -3.74. The molecule has 3 rings (SSSR count). The van der Waals surface area contributed by atoms with Crippen LogP contribution >= 0.6 is 0 Å². The van der Waals surface area contributed by atoms with Crippen LogP contribution in [0.4, 0.5) is 18.9 Å². The van der Waals surface area contributed by atoms with Gasteiger partial charge in [-0.1, -0.05) is 32.0 Å². The van der Waals surface area contributed by atoms with Crippen LogP contribution in [-0.4, -0.2) is 25.3 Å². The topological polar surface area (TPSA) is 59.9 Å². The van der Waals surface area contributed by atoms with E-state index in [1.807, 2.05) is 13.8 Å². The molecule has 2 aromatic rings. The summed E-state index contributed by atoms with van der Waals surface area (Å²) in [6, 6.07) is 10.1. The molecule has 1 aliphatic rings. The van der Waals surface area contributed by atoms with Crippen LogP contribution in [0.15, 0.2) is 47.5 Å². The summed E-state index contributed by atoms with van der Waals surface area (Å²) < 4.78 is 51.4. The minimum Gasteiger partial charge on any atom is -0.495 e. The number of hydrogen-bond acceptors (Lipinski definition) is 4. The van der Waals surface area contributed by atoms with Crippen molar-refractivity contribution >= 4 is 17.8 Å². The largest absolute Gasteiger partial charge is 0.495 e. The van der Waals surface area contributed by atoms with Gasteiger partial charge in [0.05, 0.1) is 18.4 Å². The van der Waals surface area contributed by atoms with E-state index in [-0.39, 0.29) is 17.2 Å². The molecule has 0 saturated carbocycles. The van der Waals surface area contributed by atoms with Gasteiger partial charge in [-0.05, 0) is 42.2 Å². The van der Waals surface area contributed by atoms with Gasteiger partial charge in [0.1, 0.15) is 17.5 Å². The van der Waals surface area contributed by atoms with E-state index in [0.717, 1.165) is 6.07 Å². The van der Waals surface area contributed by atoms with Gasteiger partial charge >= 0.3 is 6.18 Å². The van der Waals surface area contributed by atoms with E-state index in [4.69, 9.17) is 9.47 Å². The monoisotopic (exact) mass is 420 g/mol. The van der Waals surface area contributed by atoms with Crippen molar-refractivity contribution < 1.29 is 27.4 Å². The number of anilines is 1. The van der Waals surface area contributed by atoms with Crippen LogP contribution in [0, 0.1) is 5.92 Å². The molecule has 2 unspecified atom stereocenters. The molecule has 5 nitrogen and oxygen atoms in total.